The third-order valence-electron chi connectivity index (χ3n) is 5.35. The maximum absolute atomic E-state index is 14.2. The predicted molar refractivity (Wildman–Crippen MR) is 126 cm³/mol. The summed E-state index contributed by atoms with van der Waals surface area (Å²) < 4.78 is 17.7. The van der Waals surface area contributed by atoms with E-state index in [0.717, 1.165) is 11.1 Å². The highest BCUT2D eigenvalue weighted by molar-refractivity contribution is 7.98. The number of aryl methyl sites for hydroxylation is 1. The number of para-hydroxylation sites is 1. The molecule has 0 N–H and O–H groups in total. The quantitative estimate of drug-likeness (QED) is 0.323. The van der Waals surface area contributed by atoms with Crippen LogP contribution in [-0.2, 0) is 12.3 Å². The summed E-state index contributed by atoms with van der Waals surface area (Å²) in [7, 11) is 0. The van der Waals surface area contributed by atoms with E-state index in [4.69, 9.17) is 11.6 Å². The van der Waals surface area contributed by atoms with Gasteiger partial charge in [0.25, 0.3) is 5.56 Å². The van der Waals surface area contributed by atoms with Gasteiger partial charge in [-0.15, -0.1) is 10.2 Å². The van der Waals surface area contributed by atoms with E-state index in [1.54, 1.807) is 22.8 Å². The Kier molecular flexibility index (Phi) is 5.45. The van der Waals surface area contributed by atoms with E-state index in [1.165, 1.54) is 17.8 Å². The molecule has 5 nitrogen and oxygen atoms in total. The van der Waals surface area contributed by atoms with Gasteiger partial charge < -0.3 is 0 Å². The molecule has 2 heterocycles. The molecule has 2 aromatic heterocycles. The molecule has 0 fully saturated rings. The second-order valence-electron chi connectivity index (χ2n) is 7.50. The van der Waals surface area contributed by atoms with E-state index in [2.05, 4.69) is 10.2 Å². The van der Waals surface area contributed by atoms with Gasteiger partial charge >= 0.3 is 0 Å². The highest BCUT2D eigenvalue weighted by atomic mass is 35.5. The molecular formula is C24H18ClFN4OS. The van der Waals surface area contributed by atoms with E-state index in [-0.39, 0.29) is 17.1 Å². The third kappa shape index (κ3) is 3.67. The lowest BCUT2D eigenvalue weighted by atomic mass is 10.1. The van der Waals surface area contributed by atoms with Crippen molar-refractivity contribution in [3.8, 4) is 0 Å². The summed E-state index contributed by atoms with van der Waals surface area (Å²) >= 11 is 7.51. The van der Waals surface area contributed by atoms with Gasteiger partial charge in [0.05, 0.1) is 17.4 Å². The standard InChI is InChI=1S/C24H18ClFN4OS/c1-15-9-11-16(12-10-15)13-29-22(31)17-5-2-3-8-21(17)30-23(29)27-28-24(30)32-14-18-19(25)6-4-7-20(18)26/h2-12H,13-14H2,1H3. The molecule has 0 saturated carbocycles. The number of hydrogen-bond acceptors (Lipinski definition) is 4. The maximum atomic E-state index is 14.2. The SMILES string of the molecule is Cc1ccc(Cn2c(=O)c3ccccc3n3c(SCc4c(F)cccc4Cl)nnc23)cc1. The van der Waals surface area contributed by atoms with E-state index in [1.807, 2.05) is 53.8 Å². The van der Waals surface area contributed by atoms with Gasteiger partial charge in [0.1, 0.15) is 5.82 Å². The van der Waals surface area contributed by atoms with Gasteiger partial charge in [0.2, 0.25) is 5.78 Å². The van der Waals surface area contributed by atoms with Crippen LogP contribution in [-0.4, -0.2) is 19.2 Å². The van der Waals surface area contributed by atoms with E-state index in [0.29, 0.717) is 39.0 Å². The molecule has 0 aliphatic heterocycles. The van der Waals surface area contributed by atoms with Gasteiger partial charge in [-0.25, -0.2) is 4.39 Å². The summed E-state index contributed by atoms with van der Waals surface area (Å²) in [6.07, 6.45) is 0. The second kappa shape index (κ2) is 8.41. The minimum absolute atomic E-state index is 0.130. The molecule has 0 aliphatic carbocycles. The number of fused-ring (bicyclic) bond motifs is 3. The largest absolute Gasteiger partial charge is 0.272 e. The molecule has 32 heavy (non-hydrogen) atoms. The molecular weight excluding hydrogens is 447 g/mol. The average molecular weight is 465 g/mol. The number of aromatic nitrogens is 4. The second-order valence-corrected chi connectivity index (χ2v) is 8.85. The number of hydrogen-bond donors (Lipinski definition) is 0. The summed E-state index contributed by atoms with van der Waals surface area (Å²) in [5, 5.41) is 10.2. The number of thioether (sulfide) groups is 1. The van der Waals surface area contributed by atoms with Crippen molar-refractivity contribution in [1.82, 2.24) is 19.2 Å². The zero-order valence-electron chi connectivity index (χ0n) is 17.1. The summed E-state index contributed by atoms with van der Waals surface area (Å²) in [6, 6.07) is 20.0. The zero-order chi connectivity index (χ0) is 22.2. The Morgan fingerprint density at radius 3 is 2.56 bits per heavy atom. The van der Waals surface area contributed by atoms with Crippen LogP contribution >= 0.6 is 23.4 Å². The lowest BCUT2D eigenvalue weighted by Gasteiger charge is -2.12. The normalized spacial score (nSPS) is 11.5. The first-order valence-electron chi connectivity index (χ1n) is 10.0. The topological polar surface area (TPSA) is 52.2 Å². The van der Waals surface area contributed by atoms with Crippen LogP contribution in [0.2, 0.25) is 5.02 Å². The van der Waals surface area contributed by atoms with Crippen molar-refractivity contribution < 1.29 is 4.39 Å². The fourth-order valence-corrected chi connectivity index (χ4v) is 4.94. The van der Waals surface area contributed by atoms with Crippen molar-refractivity contribution in [2.75, 3.05) is 0 Å². The molecule has 0 spiro atoms. The summed E-state index contributed by atoms with van der Waals surface area (Å²) in [5.74, 6) is 0.369. The van der Waals surface area contributed by atoms with Gasteiger partial charge in [0.15, 0.2) is 5.16 Å². The first kappa shape index (κ1) is 20.7. The van der Waals surface area contributed by atoms with Gasteiger partial charge in [-0.1, -0.05) is 71.4 Å². The average Bonchev–Trinajstić information content (AvgIpc) is 3.21. The number of benzene rings is 3. The fourth-order valence-electron chi connectivity index (χ4n) is 3.65. The Balaban J connectivity index is 1.64. The zero-order valence-corrected chi connectivity index (χ0v) is 18.7. The summed E-state index contributed by atoms with van der Waals surface area (Å²) in [4.78, 5) is 13.3. The monoisotopic (exact) mass is 464 g/mol. The van der Waals surface area contributed by atoms with Gasteiger partial charge in [-0.05, 0) is 36.8 Å². The van der Waals surface area contributed by atoms with Gasteiger partial charge in [0, 0.05) is 16.3 Å². The molecule has 0 saturated heterocycles. The van der Waals surface area contributed by atoms with Crippen molar-refractivity contribution in [2.24, 2.45) is 0 Å². The molecule has 5 aromatic rings. The first-order valence-corrected chi connectivity index (χ1v) is 11.4. The minimum atomic E-state index is -0.361. The molecule has 5 rings (SSSR count). The lowest BCUT2D eigenvalue weighted by molar-refractivity contribution is 0.617. The molecule has 0 amide bonds. The fraction of sp³-hybridized carbons (Fsp3) is 0.125. The highest BCUT2D eigenvalue weighted by Gasteiger charge is 2.18. The van der Waals surface area contributed by atoms with Crippen molar-refractivity contribution in [2.45, 2.75) is 24.4 Å². The van der Waals surface area contributed by atoms with Crippen LogP contribution < -0.4 is 5.56 Å². The van der Waals surface area contributed by atoms with Gasteiger partial charge in [-0.2, -0.15) is 0 Å². The molecule has 0 unspecified atom stereocenters. The van der Waals surface area contributed by atoms with Crippen LogP contribution in [0.3, 0.4) is 0 Å². The Bertz CT molecular complexity index is 1490. The van der Waals surface area contributed by atoms with Crippen LogP contribution in [0.15, 0.2) is 76.7 Å². The Morgan fingerprint density at radius 1 is 1.00 bits per heavy atom. The minimum Gasteiger partial charge on any atom is -0.272 e. The van der Waals surface area contributed by atoms with Crippen LogP contribution in [0, 0.1) is 12.7 Å². The van der Waals surface area contributed by atoms with Crippen LogP contribution in [0.4, 0.5) is 4.39 Å². The molecule has 0 atom stereocenters. The third-order valence-corrected chi connectivity index (χ3v) is 6.66. The van der Waals surface area contributed by atoms with Crippen molar-refractivity contribution >= 4 is 40.0 Å². The Morgan fingerprint density at radius 2 is 1.78 bits per heavy atom. The number of rotatable bonds is 5. The molecule has 8 heteroatoms. The molecule has 0 radical (unpaired) electrons. The molecule has 3 aromatic carbocycles. The first-order chi connectivity index (χ1) is 15.5. The van der Waals surface area contributed by atoms with Crippen LogP contribution in [0.1, 0.15) is 16.7 Å². The highest BCUT2D eigenvalue weighted by Crippen LogP contribution is 2.29. The molecule has 0 bridgehead atoms. The van der Waals surface area contributed by atoms with Crippen molar-refractivity contribution in [1.29, 1.82) is 0 Å². The predicted octanol–water partition coefficient (Wildman–Crippen LogP) is 5.49. The summed E-state index contributed by atoms with van der Waals surface area (Å²) in [6.45, 7) is 2.39. The van der Waals surface area contributed by atoms with Crippen LogP contribution in [0.5, 0.6) is 0 Å². The summed E-state index contributed by atoms with van der Waals surface area (Å²) in [5.41, 5.74) is 3.13. The van der Waals surface area contributed by atoms with Gasteiger partial charge in [-0.3, -0.25) is 13.8 Å². The lowest BCUT2D eigenvalue weighted by Crippen LogP contribution is -2.24. The van der Waals surface area contributed by atoms with Crippen molar-refractivity contribution in [3.63, 3.8) is 0 Å². The molecule has 0 aliphatic rings. The van der Waals surface area contributed by atoms with E-state index in [9.17, 15) is 9.18 Å². The molecule has 160 valence electrons. The van der Waals surface area contributed by atoms with E-state index < -0.39 is 0 Å². The number of halogens is 2. The Labute approximate surface area is 192 Å². The van der Waals surface area contributed by atoms with Crippen LogP contribution in [0.25, 0.3) is 16.7 Å². The smallest absolute Gasteiger partial charge is 0.263 e. The number of nitrogens with zero attached hydrogens (tertiary/aromatic N) is 4. The van der Waals surface area contributed by atoms with Crippen molar-refractivity contribution in [3.05, 3.63) is 105 Å². The maximum Gasteiger partial charge on any atom is 0.263 e. The van der Waals surface area contributed by atoms with E-state index >= 15 is 0 Å². The Hall–Kier alpha value is -3.16.